The van der Waals surface area contributed by atoms with Crippen LogP contribution in [0.4, 0.5) is 4.79 Å². The van der Waals surface area contributed by atoms with E-state index in [0.29, 0.717) is 5.41 Å². The molecule has 0 bridgehead atoms. The maximum Gasteiger partial charge on any atom is 0.508 e. The summed E-state index contributed by atoms with van der Waals surface area (Å²) in [5, 5.41) is 0. The van der Waals surface area contributed by atoms with Crippen LogP contribution in [0.25, 0.3) is 0 Å². The molecule has 0 aromatic rings. The Kier molecular flexibility index (Phi) is 9.88. The Balaban J connectivity index is 3.90. The van der Waals surface area contributed by atoms with Gasteiger partial charge in [0.25, 0.3) is 0 Å². The van der Waals surface area contributed by atoms with E-state index in [2.05, 4.69) is 32.9 Å². The van der Waals surface area contributed by atoms with E-state index in [-0.39, 0.29) is 24.5 Å². The Morgan fingerprint density at radius 3 is 2.00 bits per heavy atom. The molecule has 0 spiro atoms. The molecule has 22 heavy (non-hydrogen) atoms. The largest absolute Gasteiger partial charge is 0.508 e. The Labute approximate surface area is 136 Å². The van der Waals surface area contributed by atoms with E-state index in [4.69, 9.17) is 9.47 Å². The van der Waals surface area contributed by atoms with Gasteiger partial charge in [-0.25, -0.2) is 4.79 Å². The standard InChI is InChI=1S/C19H34O3/c1-15(2)17(16(3)4)22-18(20)21-14-12-10-8-9-11-13-19(5,6)7/h9-12,15-17H,8,13-14H2,1-7H3/b11-9-,12-10-. The van der Waals surface area contributed by atoms with E-state index in [0.717, 1.165) is 12.8 Å². The van der Waals surface area contributed by atoms with Gasteiger partial charge in [-0.05, 0) is 30.1 Å². The number of allylic oxidation sites excluding steroid dienone is 3. The molecule has 3 heteroatoms. The molecule has 0 atom stereocenters. The molecule has 0 saturated heterocycles. The maximum atomic E-state index is 11.6. The molecule has 0 radical (unpaired) electrons. The Hall–Kier alpha value is -1.25. The number of carbonyl (C=O) groups is 1. The summed E-state index contributed by atoms with van der Waals surface area (Å²) < 4.78 is 10.4. The quantitative estimate of drug-likeness (QED) is 0.422. The highest BCUT2D eigenvalue weighted by atomic mass is 16.7. The van der Waals surface area contributed by atoms with E-state index in [1.54, 1.807) is 0 Å². The maximum absolute atomic E-state index is 11.6. The summed E-state index contributed by atoms with van der Waals surface area (Å²) in [6, 6.07) is 0. The number of carbonyl (C=O) groups excluding carboxylic acids is 1. The predicted octanol–water partition coefficient (Wildman–Crippen LogP) is 5.76. The molecular formula is C19H34O3. The molecule has 0 aliphatic carbocycles. The van der Waals surface area contributed by atoms with Crippen LogP contribution in [-0.4, -0.2) is 18.9 Å². The van der Waals surface area contributed by atoms with Crippen molar-refractivity contribution >= 4 is 6.16 Å². The minimum Gasteiger partial charge on any atom is -0.430 e. The van der Waals surface area contributed by atoms with Crippen molar-refractivity contribution in [2.45, 2.75) is 67.4 Å². The summed E-state index contributed by atoms with van der Waals surface area (Å²) in [5.74, 6) is 0.576. The highest BCUT2D eigenvalue weighted by Gasteiger charge is 2.22. The average Bonchev–Trinajstić information content (AvgIpc) is 2.37. The zero-order chi connectivity index (χ0) is 17.2. The molecule has 0 unspecified atom stereocenters. The van der Waals surface area contributed by atoms with Gasteiger partial charge in [0, 0.05) is 0 Å². The fourth-order valence-electron chi connectivity index (χ4n) is 2.08. The summed E-state index contributed by atoms with van der Waals surface area (Å²) in [6.45, 7) is 15.1. The third kappa shape index (κ3) is 11.4. The van der Waals surface area contributed by atoms with Gasteiger partial charge in [0.15, 0.2) is 0 Å². The molecule has 0 N–H and O–H groups in total. The van der Waals surface area contributed by atoms with Crippen LogP contribution in [0, 0.1) is 17.3 Å². The van der Waals surface area contributed by atoms with Gasteiger partial charge in [-0.15, -0.1) is 0 Å². The van der Waals surface area contributed by atoms with Crippen molar-refractivity contribution in [1.82, 2.24) is 0 Å². The van der Waals surface area contributed by atoms with Gasteiger partial charge in [0.05, 0.1) is 0 Å². The van der Waals surface area contributed by atoms with Crippen molar-refractivity contribution < 1.29 is 14.3 Å². The van der Waals surface area contributed by atoms with Crippen LogP contribution in [0.2, 0.25) is 0 Å². The van der Waals surface area contributed by atoms with E-state index in [1.165, 1.54) is 0 Å². The lowest BCUT2D eigenvalue weighted by Crippen LogP contribution is -2.29. The summed E-state index contributed by atoms with van der Waals surface area (Å²) in [5.41, 5.74) is 0.330. The predicted molar refractivity (Wildman–Crippen MR) is 92.9 cm³/mol. The van der Waals surface area contributed by atoms with Gasteiger partial charge in [-0.2, -0.15) is 0 Å². The molecule has 0 saturated carbocycles. The smallest absolute Gasteiger partial charge is 0.430 e. The van der Waals surface area contributed by atoms with Crippen LogP contribution in [-0.2, 0) is 9.47 Å². The average molecular weight is 310 g/mol. The molecule has 128 valence electrons. The van der Waals surface area contributed by atoms with Gasteiger partial charge in [0.1, 0.15) is 12.7 Å². The fourth-order valence-corrected chi connectivity index (χ4v) is 2.08. The minimum absolute atomic E-state index is 0.100. The van der Waals surface area contributed by atoms with Crippen LogP contribution in [0.1, 0.15) is 61.3 Å². The van der Waals surface area contributed by atoms with Crippen molar-refractivity contribution in [2.24, 2.45) is 17.3 Å². The third-order valence-electron chi connectivity index (χ3n) is 3.18. The lowest BCUT2D eigenvalue weighted by Gasteiger charge is -2.24. The highest BCUT2D eigenvalue weighted by molar-refractivity contribution is 5.60. The van der Waals surface area contributed by atoms with Crippen molar-refractivity contribution in [3.05, 3.63) is 24.3 Å². The monoisotopic (exact) mass is 310 g/mol. The molecule has 0 fully saturated rings. The number of hydrogen-bond acceptors (Lipinski definition) is 3. The van der Waals surface area contributed by atoms with Crippen molar-refractivity contribution in [1.29, 1.82) is 0 Å². The molecule has 0 aliphatic heterocycles. The van der Waals surface area contributed by atoms with E-state index < -0.39 is 6.16 Å². The highest BCUT2D eigenvalue weighted by Crippen LogP contribution is 2.19. The lowest BCUT2D eigenvalue weighted by atomic mass is 9.92. The van der Waals surface area contributed by atoms with Crippen molar-refractivity contribution in [3.8, 4) is 0 Å². The van der Waals surface area contributed by atoms with Crippen molar-refractivity contribution in [2.75, 3.05) is 6.61 Å². The van der Waals surface area contributed by atoms with Gasteiger partial charge < -0.3 is 9.47 Å². The summed E-state index contributed by atoms with van der Waals surface area (Å²) in [4.78, 5) is 11.6. The molecule has 0 aromatic carbocycles. The van der Waals surface area contributed by atoms with Crippen LogP contribution < -0.4 is 0 Å². The third-order valence-corrected chi connectivity index (χ3v) is 3.18. The summed E-state index contributed by atoms with van der Waals surface area (Å²) in [7, 11) is 0. The number of ether oxygens (including phenoxy) is 2. The second kappa shape index (κ2) is 10.5. The molecule has 0 aromatic heterocycles. The van der Waals surface area contributed by atoms with Crippen LogP contribution in [0.15, 0.2) is 24.3 Å². The first kappa shape index (κ1) is 20.8. The van der Waals surface area contributed by atoms with E-state index >= 15 is 0 Å². The molecular weight excluding hydrogens is 276 g/mol. The molecule has 0 rings (SSSR count). The van der Waals surface area contributed by atoms with Gasteiger partial charge >= 0.3 is 6.16 Å². The lowest BCUT2D eigenvalue weighted by molar-refractivity contribution is -0.00626. The number of rotatable bonds is 8. The second-order valence-corrected chi connectivity index (χ2v) is 7.57. The SMILES string of the molecule is CC(C)C(OC(=O)OC/C=C\C/C=C\CC(C)(C)C)C(C)C. The van der Waals surface area contributed by atoms with Crippen LogP contribution in [0.3, 0.4) is 0 Å². The zero-order valence-electron chi connectivity index (χ0n) is 15.4. The topological polar surface area (TPSA) is 35.5 Å². The van der Waals surface area contributed by atoms with Gasteiger partial charge in [0.2, 0.25) is 0 Å². The van der Waals surface area contributed by atoms with E-state index in [9.17, 15) is 4.79 Å². The Bertz CT molecular complexity index is 351. The summed E-state index contributed by atoms with van der Waals surface area (Å²) >= 11 is 0. The second-order valence-electron chi connectivity index (χ2n) is 7.57. The van der Waals surface area contributed by atoms with E-state index in [1.807, 2.05) is 39.8 Å². The normalized spacial score (nSPS) is 13.0. The fraction of sp³-hybridized carbons (Fsp3) is 0.737. The summed E-state index contributed by atoms with van der Waals surface area (Å²) in [6.07, 6.45) is 9.40. The first-order valence-corrected chi connectivity index (χ1v) is 8.27. The molecule has 0 amide bonds. The Morgan fingerprint density at radius 2 is 1.50 bits per heavy atom. The number of hydrogen-bond donors (Lipinski definition) is 0. The first-order valence-electron chi connectivity index (χ1n) is 8.27. The zero-order valence-corrected chi connectivity index (χ0v) is 15.4. The molecule has 3 nitrogen and oxygen atoms in total. The molecule has 0 heterocycles. The van der Waals surface area contributed by atoms with Crippen molar-refractivity contribution in [3.63, 3.8) is 0 Å². The van der Waals surface area contributed by atoms with Crippen LogP contribution in [0.5, 0.6) is 0 Å². The first-order chi connectivity index (χ1) is 10.1. The van der Waals surface area contributed by atoms with Gasteiger partial charge in [-0.3, -0.25) is 0 Å². The van der Waals surface area contributed by atoms with Gasteiger partial charge in [-0.1, -0.05) is 72.8 Å². The Morgan fingerprint density at radius 1 is 0.955 bits per heavy atom. The molecule has 0 aliphatic rings. The minimum atomic E-state index is -0.583. The van der Waals surface area contributed by atoms with Crippen LogP contribution >= 0.6 is 0 Å².